The van der Waals surface area contributed by atoms with Gasteiger partial charge in [-0.25, -0.2) is 0 Å². The molecule has 6 heteroatoms. The Balaban J connectivity index is 1.92. The van der Waals surface area contributed by atoms with Crippen LogP contribution in [0.5, 0.6) is 11.5 Å². The molecule has 5 nitrogen and oxygen atoms in total. The van der Waals surface area contributed by atoms with Crippen molar-refractivity contribution in [3.63, 3.8) is 0 Å². The largest absolute Gasteiger partial charge is 0.486 e. The van der Waals surface area contributed by atoms with Crippen molar-refractivity contribution in [3.8, 4) is 11.5 Å². The molecule has 1 aliphatic heterocycles. The summed E-state index contributed by atoms with van der Waals surface area (Å²) >= 11 is 1.61. The lowest BCUT2D eigenvalue weighted by Crippen LogP contribution is -2.39. The van der Waals surface area contributed by atoms with E-state index < -0.39 is 6.10 Å². The highest BCUT2D eigenvalue weighted by Gasteiger charge is 2.18. The van der Waals surface area contributed by atoms with Crippen molar-refractivity contribution in [1.82, 2.24) is 5.32 Å². The molecular formula is C15H23NO4S. The highest BCUT2D eigenvalue weighted by Crippen LogP contribution is 2.32. The first-order valence-electron chi connectivity index (χ1n) is 7.10. The first kappa shape index (κ1) is 16.4. The fraction of sp³-hybridized carbons (Fsp3) is 0.600. The average molecular weight is 313 g/mol. The van der Waals surface area contributed by atoms with Crippen LogP contribution in [0.1, 0.15) is 18.6 Å². The van der Waals surface area contributed by atoms with Gasteiger partial charge in [0, 0.05) is 17.8 Å². The van der Waals surface area contributed by atoms with Crippen LogP contribution >= 0.6 is 11.8 Å². The fourth-order valence-electron chi connectivity index (χ4n) is 2.25. The Morgan fingerprint density at radius 3 is 2.67 bits per heavy atom. The lowest BCUT2D eigenvalue weighted by atomic mass is 10.1. The molecule has 1 heterocycles. The Morgan fingerprint density at radius 2 is 2.00 bits per heavy atom. The van der Waals surface area contributed by atoms with E-state index in [1.165, 1.54) is 0 Å². The van der Waals surface area contributed by atoms with Crippen molar-refractivity contribution < 1.29 is 19.7 Å². The number of aliphatic hydroxyl groups excluding tert-OH is 2. The Bertz CT molecular complexity index is 453. The minimum absolute atomic E-state index is 0.120. The normalized spacial score (nSPS) is 18.1. The van der Waals surface area contributed by atoms with Crippen LogP contribution in [0.4, 0.5) is 0 Å². The Kier molecular flexibility index (Phi) is 6.17. The van der Waals surface area contributed by atoms with Crippen molar-refractivity contribution in [2.75, 3.05) is 32.6 Å². The average Bonchev–Trinajstić information content (AvgIpc) is 2.53. The van der Waals surface area contributed by atoms with Gasteiger partial charge < -0.3 is 25.0 Å². The third-order valence-corrected chi connectivity index (χ3v) is 4.79. The fourth-order valence-corrected chi connectivity index (χ4v) is 2.90. The molecule has 3 unspecified atom stereocenters. The van der Waals surface area contributed by atoms with Gasteiger partial charge >= 0.3 is 0 Å². The molecule has 0 saturated carbocycles. The molecular weight excluding hydrogens is 290 g/mol. The second kappa shape index (κ2) is 7.89. The van der Waals surface area contributed by atoms with E-state index in [1.54, 1.807) is 11.8 Å². The number of benzene rings is 1. The summed E-state index contributed by atoms with van der Waals surface area (Å²) in [5.41, 5.74) is 0.795. The van der Waals surface area contributed by atoms with E-state index in [0.29, 0.717) is 25.5 Å². The molecule has 0 aliphatic carbocycles. The number of ether oxygens (including phenoxy) is 2. The van der Waals surface area contributed by atoms with Gasteiger partial charge in [0.1, 0.15) is 13.2 Å². The minimum Gasteiger partial charge on any atom is -0.486 e. The topological polar surface area (TPSA) is 71.0 Å². The molecule has 0 saturated heterocycles. The van der Waals surface area contributed by atoms with Crippen LogP contribution in [-0.4, -0.2) is 54.1 Å². The van der Waals surface area contributed by atoms with Crippen LogP contribution in [0.15, 0.2) is 18.2 Å². The van der Waals surface area contributed by atoms with Crippen molar-refractivity contribution in [2.45, 2.75) is 24.3 Å². The molecule has 118 valence electrons. The molecule has 0 amide bonds. The van der Waals surface area contributed by atoms with Gasteiger partial charge in [-0.05, 0) is 30.9 Å². The highest BCUT2D eigenvalue weighted by molar-refractivity contribution is 7.99. The van der Waals surface area contributed by atoms with Crippen LogP contribution in [0, 0.1) is 0 Å². The third-order valence-electron chi connectivity index (χ3n) is 3.62. The standard InChI is InChI=1S/C15H23NO4S/c1-10(15(9-17)21-2)16-8-12(18)11-3-4-13-14(7-11)20-6-5-19-13/h3-4,7,10,12,15-18H,5-6,8-9H2,1-2H3. The number of nitrogens with one attached hydrogen (secondary N) is 1. The Labute approximate surface area is 129 Å². The summed E-state index contributed by atoms with van der Waals surface area (Å²) in [6, 6.07) is 5.62. The second-order valence-electron chi connectivity index (χ2n) is 5.07. The summed E-state index contributed by atoms with van der Waals surface area (Å²) in [6.07, 6.45) is 1.35. The molecule has 3 N–H and O–H groups in total. The van der Waals surface area contributed by atoms with Crippen LogP contribution in [0.3, 0.4) is 0 Å². The zero-order valence-electron chi connectivity index (χ0n) is 12.4. The van der Waals surface area contributed by atoms with Gasteiger partial charge in [-0.1, -0.05) is 6.07 Å². The summed E-state index contributed by atoms with van der Waals surface area (Å²) < 4.78 is 11.0. The van der Waals surface area contributed by atoms with Crippen molar-refractivity contribution in [2.24, 2.45) is 0 Å². The zero-order chi connectivity index (χ0) is 15.2. The van der Waals surface area contributed by atoms with Gasteiger partial charge in [-0.15, -0.1) is 0 Å². The highest BCUT2D eigenvalue weighted by atomic mass is 32.2. The summed E-state index contributed by atoms with van der Waals surface area (Å²) in [5, 5.41) is 22.9. The first-order valence-corrected chi connectivity index (χ1v) is 8.39. The van der Waals surface area contributed by atoms with Gasteiger partial charge in [0.05, 0.1) is 12.7 Å². The molecule has 1 aromatic carbocycles. The number of hydrogen-bond donors (Lipinski definition) is 3. The molecule has 21 heavy (non-hydrogen) atoms. The predicted molar refractivity (Wildman–Crippen MR) is 84.2 cm³/mol. The maximum absolute atomic E-state index is 10.3. The minimum atomic E-state index is -0.621. The lowest BCUT2D eigenvalue weighted by Gasteiger charge is -2.24. The van der Waals surface area contributed by atoms with E-state index in [0.717, 1.165) is 11.3 Å². The third kappa shape index (κ3) is 4.26. The second-order valence-corrected chi connectivity index (χ2v) is 6.15. The van der Waals surface area contributed by atoms with E-state index in [2.05, 4.69) is 5.32 Å². The molecule has 0 fully saturated rings. The summed E-state index contributed by atoms with van der Waals surface area (Å²) in [7, 11) is 0. The SMILES string of the molecule is CSC(CO)C(C)NCC(O)c1ccc2c(c1)OCCO2. The van der Waals surface area contributed by atoms with Crippen LogP contribution in [0.2, 0.25) is 0 Å². The summed E-state index contributed by atoms with van der Waals surface area (Å²) in [6.45, 7) is 3.65. The smallest absolute Gasteiger partial charge is 0.161 e. The monoisotopic (exact) mass is 313 g/mol. The number of fused-ring (bicyclic) bond motifs is 1. The maximum atomic E-state index is 10.3. The molecule has 0 radical (unpaired) electrons. The van der Waals surface area contributed by atoms with Gasteiger partial charge in [-0.2, -0.15) is 11.8 Å². The molecule has 0 bridgehead atoms. The summed E-state index contributed by atoms with van der Waals surface area (Å²) in [4.78, 5) is 0. The van der Waals surface area contributed by atoms with Gasteiger partial charge in [0.15, 0.2) is 11.5 Å². The van der Waals surface area contributed by atoms with Crippen molar-refractivity contribution in [1.29, 1.82) is 0 Å². The number of hydrogen-bond acceptors (Lipinski definition) is 6. The quantitative estimate of drug-likeness (QED) is 0.702. The molecule has 0 spiro atoms. The van der Waals surface area contributed by atoms with E-state index in [4.69, 9.17) is 9.47 Å². The van der Waals surface area contributed by atoms with Gasteiger partial charge in [-0.3, -0.25) is 0 Å². The van der Waals surface area contributed by atoms with Gasteiger partial charge in [0.2, 0.25) is 0 Å². The zero-order valence-corrected chi connectivity index (χ0v) is 13.2. The first-order chi connectivity index (χ1) is 10.2. The van der Waals surface area contributed by atoms with E-state index in [1.807, 2.05) is 31.4 Å². The van der Waals surface area contributed by atoms with Crippen LogP contribution < -0.4 is 14.8 Å². The van der Waals surface area contributed by atoms with Crippen LogP contribution in [-0.2, 0) is 0 Å². The van der Waals surface area contributed by atoms with Crippen molar-refractivity contribution >= 4 is 11.8 Å². The van der Waals surface area contributed by atoms with E-state index >= 15 is 0 Å². The molecule has 0 aromatic heterocycles. The van der Waals surface area contributed by atoms with E-state index in [-0.39, 0.29) is 17.9 Å². The van der Waals surface area contributed by atoms with Crippen LogP contribution in [0.25, 0.3) is 0 Å². The maximum Gasteiger partial charge on any atom is 0.161 e. The Hall–Kier alpha value is -0.950. The van der Waals surface area contributed by atoms with Crippen molar-refractivity contribution in [3.05, 3.63) is 23.8 Å². The number of thioether (sulfide) groups is 1. The molecule has 2 rings (SSSR count). The van der Waals surface area contributed by atoms with Gasteiger partial charge in [0.25, 0.3) is 0 Å². The molecule has 3 atom stereocenters. The number of rotatable bonds is 7. The number of aliphatic hydroxyl groups is 2. The molecule has 1 aliphatic rings. The lowest BCUT2D eigenvalue weighted by molar-refractivity contribution is 0.160. The predicted octanol–water partition coefficient (Wildman–Crippen LogP) is 1.19. The molecule has 1 aromatic rings. The summed E-state index contributed by atoms with van der Waals surface area (Å²) in [5.74, 6) is 1.41. The van der Waals surface area contributed by atoms with E-state index in [9.17, 15) is 10.2 Å². The Morgan fingerprint density at radius 1 is 1.29 bits per heavy atom.